The van der Waals surface area contributed by atoms with Gasteiger partial charge in [-0.1, -0.05) is 6.92 Å². The highest BCUT2D eigenvalue weighted by Gasteiger charge is 2.20. The number of aryl methyl sites for hydroxylation is 2. The second-order valence-corrected chi connectivity index (χ2v) is 6.57. The van der Waals surface area contributed by atoms with Crippen molar-refractivity contribution >= 4 is 21.5 Å². The number of hydrogen-bond donors (Lipinski definition) is 1. The summed E-state index contributed by atoms with van der Waals surface area (Å²) in [6.45, 7) is 1.93. The van der Waals surface area contributed by atoms with E-state index in [0.29, 0.717) is 17.8 Å². The molecule has 0 spiro atoms. The van der Waals surface area contributed by atoms with Crippen molar-refractivity contribution in [3.05, 3.63) is 11.4 Å². The summed E-state index contributed by atoms with van der Waals surface area (Å²) in [7, 11) is -1.42. The van der Waals surface area contributed by atoms with Gasteiger partial charge in [-0.25, -0.2) is 13.2 Å². The third-order valence-electron chi connectivity index (χ3n) is 2.58. The quantitative estimate of drug-likeness (QED) is 0.590. The van der Waals surface area contributed by atoms with Crippen LogP contribution in [0.3, 0.4) is 0 Å². The first-order valence-electron chi connectivity index (χ1n) is 5.92. The van der Waals surface area contributed by atoms with Crippen LogP contribution in [0.4, 0.5) is 5.69 Å². The number of nitrogens with two attached hydrogens (primary N) is 1. The fourth-order valence-corrected chi connectivity index (χ4v) is 2.30. The molecule has 0 unspecified atom stereocenters. The molecule has 0 aliphatic carbocycles. The van der Waals surface area contributed by atoms with Crippen LogP contribution in [0, 0.1) is 0 Å². The van der Waals surface area contributed by atoms with E-state index in [1.807, 2.05) is 6.92 Å². The molecule has 0 aromatic carbocycles. The molecule has 0 aliphatic heterocycles. The summed E-state index contributed by atoms with van der Waals surface area (Å²) >= 11 is 0. The van der Waals surface area contributed by atoms with Crippen molar-refractivity contribution in [3.63, 3.8) is 0 Å². The molecule has 0 radical (unpaired) electrons. The van der Waals surface area contributed by atoms with Crippen LogP contribution in [0.15, 0.2) is 0 Å². The number of esters is 1. The molecule has 0 saturated carbocycles. The highest BCUT2D eigenvalue weighted by atomic mass is 32.2. The summed E-state index contributed by atoms with van der Waals surface area (Å²) in [4.78, 5) is 11.8. The molecule has 0 aliphatic rings. The molecule has 2 N–H and O–H groups in total. The largest absolute Gasteiger partial charge is 0.461 e. The van der Waals surface area contributed by atoms with Crippen molar-refractivity contribution in [3.8, 4) is 0 Å². The van der Waals surface area contributed by atoms with Gasteiger partial charge in [0.25, 0.3) is 0 Å². The van der Waals surface area contributed by atoms with E-state index in [1.165, 1.54) is 4.68 Å². The van der Waals surface area contributed by atoms with Gasteiger partial charge in [-0.05, 0) is 12.8 Å². The fraction of sp³-hybridized carbons (Fsp3) is 0.636. The highest BCUT2D eigenvalue weighted by Crippen LogP contribution is 2.17. The lowest BCUT2D eigenvalue weighted by atomic mass is 10.2. The van der Waals surface area contributed by atoms with Crippen molar-refractivity contribution in [1.82, 2.24) is 9.78 Å². The van der Waals surface area contributed by atoms with E-state index in [9.17, 15) is 13.2 Å². The summed E-state index contributed by atoms with van der Waals surface area (Å²) in [5.41, 5.74) is 6.98. The molecule has 19 heavy (non-hydrogen) atoms. The first-order chi connectivity index (χ1) is 8.76. The Morgan fingerprint density at radius 3 is 2.58 bits per heavy atom. The molecule has 0 amide bonds. The highest BCUT2D eigenvalue weighted by molar-refractivity contribution is 7.90. The van der Waals surface area contributed by atoms with Crippen LogP contribution in [0.1, 0.15) is 29.5 Å². The maximum Gasteiger partial charge on any atom is 0.358 e. The molecule has 8 heteroatoms. The van der Waals surface area contributed by atoms with Gasteiger partial charge in [-0.3, -0.25) is 4.68 Å². The molecule has 0 bridgehead atoms. The van der Waals surface area contributed by atoms with Gasteiger partial charge in [0.1, 0.15) is 9.84 Å². The number of nitrogen functional groups attached to an aromatic ring is 1. The van der Waals surface area contributed by atoms with E-state index in [-0.39, 0.29) is 24.5 Å². The zero-order valence-electron chi connectivity index (χ0n) is 11.3. The predicted molar refractivity (Wildman–Crippen MR) is 71.6 cm³/mol. The van der Waals surface area contributed by atoms with Crippen LogP contribution in [-0.2, 0) is 28.0 Å². The molecule has 0 atom stereocenters. The molecule has 108 valence electrons. The molecule has 1 rings (SSSR count). The van der Waals surface area contributed by atoms with E-state index in [2.05, 4.69) is 5.10 Å². The number of carbonyl (C=O) groups excluding carboxylic acids is 1. The number of anilines is 1. The molecule has 1 heterocycles. The van der Waals surface area contributed by atoms with Crippen LogP contribution >= 0.6 is 0 Å². The van der Waals surface area contributed by atoms with Gasteiger partial charge < -0.3 is 10.5 Å². The minimum absolute atomic E-state index is 0.0125. The second kappa shape index (κ2) is 6.05. The minimum Gasteiger partial charge on any atom is -0.461 e. The third-order valence-corrected chi connectivity index (χ3v) is 3.61. The van der Waals surface area contributed by atoms with Gasteiger partial charge >= 0.3 is 5.97 Å². The Labute approximate surface area is 112 Å². The lowest BCUT2D eigenvalue weighted by Gasteiger charge is -2.05. The number of aromatic nitrogens is 2. The molecule has 1 aromatic rings. The predicted octanol–water partition coefficient (Wildman–Crippen LogP) is 0.156. The molecule has 1 aromatic heterocycles. The summed E-state index contributed by atoms with van der Waals surface area (Å²) in [5.74, 6) is -0.595. The van der Waals surface area contributed by atoms with Gasteiger partial charge in [0, 0.05) is 13.3 Å². The lowest BCUT2D eigenvalue weighted by molar-refractivity contribution is 0.0494. The Kier molecular flexibility index (Phi) is 4.93. The maximum atomic E-state index is 11.8. The number of nitrogens with zero attached hydrogens (tertiary/aromatic N) is 2. The zero-order chi connectivity index (χ0) is 14.6. The van der Waals surface area contributed by atoms with Gasteiger partial charge in [0.2, 0.25) is 0 Å². The Bertz CT molecular complexity index is 563. The lowest BCUT2D eigenvalue weighted by Crippen LogP contribution is -2.15. The number of ether oxygens (including phenoxy) is 1. The standard InChI is InChI=1S/C11H19N3O4S/c1-4-8-9(12)10(14(2)13-8)11(15)18-6-5-7-19(3,16)17/h4-7,12H2,1-3H3. The van der Waals surface area contributed by atoms with E-state index in [1.54, 1.807) is 7.05 Å². The average Bonchev–Trinajstić information content (AvgIpc) is 2.58. The first kappa shape index (κ1) is 15.5. The van der Waals surface area contributed by atoms with Crippen molar-refractivity contribution in [2.45, 2.75) is 19.8 Å². The molecule has 7 nitrogen and oxygen atoms in total. The van der Waals surface area contributed by atoms with E-state index < -0.39 is 15.8 Å². The Balaban J connectivity index is 2.62. The molecular weight excluding hydrogens is 270 g/mol. The number of hydrogen-bond acceptors (Lipinski definition) is 6. The van der Waals surface area contributed by atoms with Gasteiger partial charge in [0.05, 0.1) is 23.7 Å². The molecular formula is C11H19N3O4S. The van der Waals surface area contributed by atoms with E-state index in [4.69, 9.17) is 10.5 Å². The van der Waals surface area contributed by atoms with E-state index >= 15 is 0 Å². The minimum atomic E-state index is -3.04. The van der Waals surface area contributed by atoms with Crippen LogP contribution in [0.2, 0.25) is 0 Å². The van der Waals surface area contributed by atoms with Crippen molar-refractivity contribution in [2.24, 2.45) is 7.05 Å². The average molecular weight is 289 g/mol. The summed E-state index contributed by atoms with van der Waals surface area (Å²) in [6.07, 6.45) is 2.03. The monoisotopic (exact) mass is 289 g/mol. The smallest absolute Gasteiger partial charge is 0.358 e. The number of carbonyl (C=O) groups is 1. The second-order valence-electron chi connectivity index (χ2n) is 4.31. The van der Waals surface area contributed by atoms with E-state index in [0.717, 1.165) is 6.26 Å². The number of rotatable bonds is 6. The summed E-state index contributed by atoms with van der Waals surface area (Å²) in [6, 6.07) is 0. The van der Waals surface area contributed by atoms with Crippen molar-refractivity contribution < 1.29 is 17.9 Å². The normalized spacial score (nSPS) is 11.5. The Morgan fingerprint density at radius 1 is 1.47 bits per heavy atom. The van der Waals surface area contributed by atoms with Crippen LogP contribution in [0.5, 0.6) is 0 Å². The van der Waals surface area contributed by atoms with Crippen LogP contribution < -0.4 is 5.73 Å². The van der Waals surface area contributed by atoms with Gasteiger partial charge in [-0.2, -0.15) is 5.10 Å². The Morgan fingerprint density at radius 2 is 2.11 bits per heavy atom. The number of sulfone groups is 1. The van der Waals surface area contributed by atoms with Crippen molar-refractivity contribution in [2.75, 3.05) is 24.3 Å². The molecule has 0 saturated heterocycles. The van der Waals surface area contributed by atoms with Gasteiger partial charge in [0.15, 0.2) is 5.69 Å². The topological polar surface area (TPSA) is 104 Å². The fourth-order valence-electron chi connectivity index (χ4n) is 1.65. The van der Waals surface area contributed by atoms with Crippen molar-refractivity contribution in [1.29, 1.82) is 0 Å². The maximum absolute atomic E-state index is 11.8. The third kappa shape index (κ3) is 4.23. The first-order valence-corrected chi connectivity index (χ1v) is 7.98. The van der Waals surface area contributed by atoms with Crippen LogP contribution in [-0.4, -0.2) is 42.8 Å². The summed E-state index contributed by atoms with van der Waals surface area (Å²) in [5, 5.41) is 4.11. The SMILES string of the molecule is CCc1nn(C)c(C(=O)OCCCS(C)(=O)=O)c1N. The Hall–Kier alpha value is -1.57. The summed E-state index contributed by atoms with van der Waals surface area (Å²) < 4.78 is 28.2. The van der Waals surface area contributed by atoms with Crippen LogP contribution in [0.25, 0.3) is 0 Å². The zero-order valence-corrected chi connectivity index (χ0v) is 12.2. The molecule has 0 fully saturated rings. The van der Waals surface area contributed by atoms with Gasteiger partial charge in [-0.15, -0.1) is 0 Å².